The zero-order valence-electron chi connectivity index (χ0n) is 9.51. The van der Waals surface area contributed by atoms with Gasteiger partial charge in [0.25, 0.3) is 0 Å². The minimum absolute atomic E-state index is 0.218. The number of hydrogen-bond acceptors (Lipinski definition) is 5. The molecular weight excluding hydrogens is 242 g/mol. The van der Waals surface area contributed by atoms with Crippen LogP contribution in [0.15, 0.2) is 12.3 Å². The number of rotatable bonds is 5. The molecule has 1 saturated carbocycles. The number of hydrogen-bond donors (Lipinski definition) is 2. The van der Waals surface area contributed by atoms with Crippen molar-refractivity contribution in [3.05, 3.63) is 18.0 Å². The third-order valence-electron chi connectivity index (χ3n) is 2.25. The minimum Gasteiger partial charge on any atom is -0.488 e. The molecule has 1 fully saturated rings. The third kappa shape index (κ3) is 3.57. The second kappa shape index (κ2) is 4.50. The predicted octanol–water partition coefficient (Wildman–Crippen LogP) is 0.453. The highest BCUT2D eigenvalue weighted by molar-refractivity contribution is 7.92. The fourth-order valence-corrected chi connectivity index (χ4v) is 1.90. The highest BCUT2D eigenvalue weighted by Gasteiger charge is 2.25. The second-order valence-corrected chi connectivity index (χ2v) is 5.81. The van der Waals surface area contributed by atoms with E-state index in [0.717, 1.165) is 19.1 Å². The Morgan fingerprint density at radius 2 is 2.29 bits per heavy atom. The summed E-state index contributed by atoms with van der Waals surface area (Å²) in [5.41, 5.74) is 6.57. The molecule has 1 aromatic rings. The van der Waals surface area contributed by atoms with E-state index in [1.165, 1.54) is 6.20 Å². The van der Waals surface area contributed by atoms with E-state index in [-0.39, 0.29) is 12.6 Å². The average molecular weight is 257 g/mol. The molecular formula is C10H15N3O3S. The Hall–Kier alpha value is -1.34. The molecule has 17 heavy (non-hydrogen) atoms. The van der Waals surface area contributed by atoms with E-state index in [1.54, 1.807) is 6.07 Å². The molecule has 0 aliphatic heterocycles. The van der Waals surface area contributed by atoms with E-state index in [0.29, 0.717) is 17.1 Å². The van der Waals surface area contributed by atoms with E-state index in [1.807, 2.05) is 0 Å². The van der Waals surface area contributed by atoms with Crippen LogP contribution < -0.4 is 15.2 Å². The number of aromatic nitrogens is 1. The highest BCUT2D eigenvalue weighted by atomic mass is 32.2. The van der Waals surface area contributed by atoms with Crippen LogP contribution in [0.2, 0.25) is 0 Å². The smallest absolute Gasteiger partial charge is 0.229 e. The maximum absolute atomic E-state index is 11.1. The van der Waals surface area contributed by atoms with Gasteiger partial charge in [-0.15, -0.1) is 0 Å². The predicted molar refractivity (Wildman–Crippen MR) is 64.2 cm³/mol. The lowest BCUT2D eigenvalue weighted by Crippen LogP contribution is -2.12. The topological polar surface area (TPSA) is 94.3 Å². The number of anilines is 1. The molecule has 1 heterocycles. The van der Waals surface area contributed by atoms with Crippen molar-refractivity contribution in [1.29, 1.82) is 0 Å². The molecule has 6 nitrogen and oxygen atoms in total. The van der Waals surface area contributed by atoms with Gasteiger partial charge in [0.2, 0.25) is 10.0 Å². The Morgan fingerprint density at radius 3 is 2.82 bits per heavy atom. The van der Waals surface area contributed by atoms with Gasteiger partial charge in [-0.3, -0.25) is 9.71 Å². The van der Waals surface area contributed by atoms with Crippen molar-refractivity contribution in [1.82, 2.24) is 4.98 Å². The zero-order chi connectivity index (χ0) is 12.5. The lowest BCUT2D eigenvalue weighted by molar-refractivity contribution is 0.298. The first-order valence-electron chi connectivity index (χ1n) is 5.31. The standard InChI is InChI=1S/C10H15N3O3S/c1-17(14,15)13-7-4-10(16-8-2-3-8)9(5-11)12-6-7/h4,6,8,13H,2-3,5,11H2,1H3. The molecule has 94 valence electrons. The van der Waals surface area contributed by atoms with Gasteiger partial charge in [0.1, 0.15) is 5.75 Å². The van der Waals surface area contributed by atoms with Gasteiger partial charge < -0.3 is 10.5 Å². The lowest BCUT2D eigenvalue weighted by atomic mass is 10.3. The third-order valence-corrected chi connectivity index (χ3v) is 2.85. The molecule has 1 aromatic heterocycles. The van der Waals surface area contributed by atoms with Crippen molar-refractivity contribution in [2.24, 2.45) is 5.73 Å². The van der Waals surface area contributed by atoms with Crippen LogP contribution in [-0.4, -0.2) is 25.8 Å². The Morgan fingerprint density at radius 1 is 1.59 bits per heavy atom. The van der Waals surface area contributed by atoms with Gasteiger partial charge in [-0.05, 0) is 12.8 Å². The van der Waals surface area contributed by atoms with Crippen LogP contribution >= 0.6 is 0 Å². The van der Waals surface area contributed by atoms with Crippen LogP contribution in [0.25, 0.3) is 0 Å². The van der Waals surface area contributed by atoms with Crippen molar-refractivity contribution in [2.75, 3.05) is 11.0 Å². The van der Waals surface area contributed by atoms with E-state index >= 15 is 0 Å². The van der Waals surface area contributed by atoms with Crippen LogP contribution in [0.3, 0.4) is 0 Å². The van der Waals surface area contributed by atoms with Gasteiger partial charge in [0, 0.05) is 12.6 Å². The SMILES string of the molecule is CS(=O)(=O)Nc1cnc(CN)c(OC2CC2)c1. The average Bonchev–Trinajstić information content (AvgIpc) is 3.00. The quantitative estimate of drug-likeness (QED) is 0.798. The van der Waals surface area contributed by atoms with E-state index in [2.05, 4.69) is 9.71 Å². The number of nitrogens with zero attached hydrogens (tertiary/aromatic N) is 1. The van der Waals surface area contributed by atoms with Crippen LogP contribution in [0, 0.1) is 0 Å². The summed E-state index contributed by atoms with van der Waals surface area (Å²) in [5, 5.41) is 0. The van der Waals surface area contributed by atoms with Crippen LogP contribution in [0.1, 0.15) is 18.5 Å². The molecule has 3 N–H and O–H groups in total. The molecule has 0 amide bonds. The van der Waals surface area contributed by atoms with Gasteiger partial charge in [0.05, 0.1) is 29.9 Å². The molecule has 0 aromatic carbocycles. The molecule has 7 heteroatoms. The highest BCUT2D eigenvalue weighted by Crippen LogP contribution is 2.30. The molecule has 2 rings (SSSR count). The molecule has 0 bridgehead atoms. The fourth-order valence-electron chi connectivity index (χ4n) is 1.36. The normalized spacial score (nSPS) is 15.6. The number of nitrogens with two attached hydrogens (primary N) is 1. The lowest BCUT2D eigenvalue weighted by Gasteiger charge is -2.11. The summed E-state index contributed by atoms with van der Waals surface area (Å²) in [5.74, 6) is 0.559. The summed E-state index contributed by atoms with van der Waals surface area (Å²) in [6.07, 6.45) is 4.78. The molecule has 0 unspecified atom stereocenters. The van der Waals surface area contributed by atoms with Gasteiger partial charge in [-0.2, -0.15) is 0 Å². The second-order valence-electron chi connectivity index (χ2n) is 4.06. The molecule has 0 spiro atoms. The van der Waals surface area contributed by atoms with Crippen molar-refractivity contribution in [2.45, 2.75) is 25.5 Å². The molecule has 0 radical (unpaired) electrons. The van der Waals surface area contributed by atoms with E-state index in [9.17, 15) is 8.42 Å². The van der Waals surface area contributed by atoms with Crippen LogP contribution in [0.5, 0.6) is 5.75 Å². The maximum atomic E-state index is 11.1. The summed E-state index contributed by atoms with van der Waals surface area (Å²) < 4.78 is 30.2. The molecule has 0 saturated heterocycles. The van der Waals surface area contributed by atoms with Gasteiger partial charge >= 0.3 is 0 Å². The van der Waals surface area contributed by atoms with E-state index in [4.69, 9.17) is 10.5 Å². The summed E-state index contributed by atoms with van der Waals surface area (Å²) in [6, 6.07) is 1.62. The first-order chi connectivity index (χ1) is 7.98. The maximum Gasteiger partial charge on any atom is 0.229 e. The number of pyridine rings is 1. The Bertz CT molecular complexity index is 512. The summed E-state index contributed by atoms with van der Waals surface area (Å²) >= 11 is 0. The first-order valence-corrected chi connectivity index (χ1v) is 7.20. The molecule has 0 atom stereocenters. The summed E-state index contributed by atoms with van der Waals surface area (Å²) in [4.78, 5) is 4.09. The Kier molecular flexibility index (Phi) is 3.21. The fraction of sp³-hybridized carbons (Fsp3) is 0.500. The van der Waals surface area contributed by atoms with Crippen molar-refractivity contribution < 1.29 is 13.2 Å². The monoisotopic (exact) mass is 257 g/mol. The van der Waals surface area contributed by atoms with Crippen LogP contribution in [-0.2, 0) is 16.6 Å². The number of ether oxygens (including phenoxy) is 1. The van der Waals surface area contributed by atoms with Gasteiger partial charge in [-0.1, -0.05) is 0 Å². The Labute approximate surface area is 100 Å². The summed E-state index contributed by atoms with van der Waals surface area (Å²) in [6.45, 7) is 0.265. The van der Waals surface area contributed by atoms with Crippen molar-refractivity contribution in [3.63, 3.8) is 0 Å². The molecule has 1 aliphatic rings. The Balaban J connectivity index is 2.23. The van der Waals surface area contributed by atoms with E-state index < -0.39 is 10.0 Å². The number of nitrogens with one attached hydrogen (secondary N) is 1. The minimum atomic E-state index is -3.30. The van der Waals surface area contributed by atoms with Crippen molar-refractivity contribution in [3.8, 4) is 5.75 Å². The van der Waals surface area contributed by atoms with Crippen LogP contribution in [0.4, 0.5) is 5.69 Å². The van der Waals surface area contributed by atoms with Gasteiger partial charge in [0.15, 0.2) is 0 Å². The molecule has 1 aliphatic carbocycles. The van der Waals surface area contributed by atoms with Crippen molar-refractivity contribution >= 4 is 15.7 Å². The summed E-state index contributed by atoms with van der Waals surface area (Å²) in [7, 11) is -3.30. The zero-order valence-corrected chi connectivity index (χ0v) is 10.3. The van der Waals surface area contributed by atoms with Gasteiger partial charge in [-0.25, -0.2) is 8.42 Å². The largest absolute Gasteiger partial charge is 0.488 e. The first kappa shape index (κ1) is 12.1. The number of sulfonamides is 1.